The molecule has 3 heteroatoms. The maximum absolute atomic E-state index is 9.30. The van der Waals surface area contributed by atoms with Crippen LogP contribution in [0.5, 0.6) is 0 Å². The number of β-amino-alcohol motifs (C(OH)–C–C–N with tert-alkyl or cyclic N) is 1. The lowest BCUT2D eigenvalue weighted by molar-refractivity contribution is -0.152. The van der Waals surface area contributed by atoms with Crippen LogP contribution in [0.3, 0.4) is 0 Å². The van der Waals surface area contributed by atoms with Crippen LogP contribution in [0.1, 0.15) is 20.3 Å². The zero-order valence-corrected chi connectivity index (χ0v) is 7.20. The Balaban J connectivity index is 2.43. The van der Waals surface area contributed by atoms with Gasteiger partial charge in [0.25, 0.3) is 0 Å². The van der Waals surface area contributed by atoms with Crippen LogP contribution in [-0.4, -0.2) is 34.6 Å². The number of hydrogen-bond acceptors (Lipinski definition) is 3. The Hall–Kier alpha value is -0.120. The quantitative estimate of drug-likeness (QED) is 0.592. The molecule has 0 aromatic heterocycles. The molecule has 1 unspecified atom stereocenters. The van der Waals surface area contributed by atoms with Crippen molar-refractivity contribution in [1.82, 2.24) is 5.06 Å². The predicted molar refractivity (Wildman–Crippen MR) is 42.3 cm³/mol. The smallest absolute Gasteiger partial charge is 0.0693 e. The topological polar surface area (TPSA) is 43.7 Å². The molecule has 2 atom stereocenters. The van der Waals surface area contributed by atoms with Crippen LogP contribution in [-0.2, 0) is 0 Å². The molecule has 0 aromatic carbocycles. The van der Waals surface area contributed by atoms with Crippen LogP contribution >= 0.6 is 0 Å². The van der Waals surface area contributed by atoms with E-state index in [2.05, 4.69) is 13.8 Å². The van der Waals surface area contributed by atoms with Gasteiger partial charge in [-0.3, -0.25) is 0 Å². The molecule has 1 rings (SSSR count). The lowest BCUT2D eigenvalue weighted by Gasteiger charge is -2.33. The van der Waals surface area contributed by atoms with Crippen molar-refractivity contribution in [2.24, 2.45) is 11.8 Å². The molecule has 1 fully saturated rings. The average Bonchev–Trinajstić information content (AvgIpc) is 1.85. The van der Waals surface area contributed by atoms with E-state index in [1.807, 2.05) is 0 Å². The predicted octanol–water partition coefficient (Wildman–Crippen LogP) is 0.714. The molecule has 1 saturated heterocycles. The summed E-state index contributed by atoms with van der Waals surface area (Å²) in [5, 5.41) is 19.7. The van der Waals surface area contributed by atoms with Gasteiger partial charge < -0.3 is 10.3 Å². The number of hydroxylamine groups is 2. The molecule has 1 aliphatic heterocycles. The van der Waals surface area contributed by atoms with Crippen molar-refractivity contribution in [1.29, 1.82) is 0 Å². The highest BCUT2D eigenvalue weighted by Crippen LogP contribution is 2.22. The summed E-state index contributed by atoms with van der Waals surface area (Å²) in [6, 6.07) is 0. The second-order valence-electron chi connectivity index (χ2n) is 3.77. The summed E-state index contributed by atoms with van der Waals surface area (Å²) in [5.74, 6) is 0.975. The van der Waals surface area contributed by atoms with Gasteiger partial charge in [0.15, 0.2) is 0 Å². The molecule has 0 spiro atoms. The van der Waals surface area contributed by atoms with E-state index >= 15 is 0 Å². The molecular weight excluding hydrogens is 142 g/mol. The normalized spacial score (nSPS) is 34.6. The maximum atomic E-state index is 9.30. The molecule has 1 aliphatic rings. The molecule has 0 aliphatic carbocycles. The van der Waals surface area contributed by atoms with Gasteiger partial charge in [-0.25, -0.2) is 0 Å². The van der Waals surface area contributed by atoms with Crippen molar-refractivity contribution >= 4 is 0 Å². The van der Waals surface area contributed by atoms with Gasteiger partial charge in [0.05, 0.1) is 6.10 Å². The van der Waals surface area contributed by atoms with Crippen molar-refractivity contribution < 1.29 is 10.3 Å². The molecular formula is C8H17NO2. The molecule has 3 nitrogen and oxygen atoms in total. The maximum Gasteiger partial charge on any atom is 0.0693 e. The number of rotatable bonds is 1. The standard InChI is InChI=1S/C8H17NO2/c1-6(2)7-3-8(10)5-9(11)4-7/h6-8,10-11H,3-5H2,1-2H3/t7?,8-/m0/s1. The summed E-state index contributed by atoms with van der Waals surface area (Å²) in [5.41, 5.74) is 0. The highest BCUT2D eigenvalue weighted by molar-refractivity contribution is 4.76. The van der Waals surface area contributed by atoms with Crippen LogP contribution in [0.15, 0.2) is 0 Å². The minimum absolute atomic E-state index is 0.346. The molecule has 66 valence electrons. The molecule has 2 N–H and O–H groups in total. The van der Waals surface area contributed by atoms with Crippen molar-refractivity contribution in [2.75, 3.05) is 13.1 Å². The molecule has 0 radical (unpaired) electrons. The van der Waals surface area contributed by atoms with Crippen molar-refractivity contribution in [2.45, 2.75) is 26.4 Å². The number of aliphatic hydroxyl groups is 1. The van der Waals surface area contributed by atoms with E-state index in [1.165, 1.54) is 5.06 Å². The average molecular weight is 159 g/mol. The Kier molecular flexibility index (Phi) is 2.87. The fourth-order valence-electron chi connectivity index (χ4n) is 1.57. The first kappa shape index (κ1) is 8.97. The molecule has 11 heavy (non-hydrogen) atoms. The minimum Gasteiger partial charge on any atom is -0.392 e. The monoisotopic (exact) mass is 159 g/mol. The zero-order valence-electron chi connectivity index (χ0n) is 7.20. The summed E-state index contributed by atoms with van der Waals surface area (Å²) < 4.78 is 0. The van der Waals surface area contributed by atoms with Crippen molar-refractivity contribution in [3.63, 3.8) is 0 Å². The Bertz CT molecular complexity index is 117. The number of nitrogens with zero attached hydrogens (tertiary/aromatic N) is 1. The highest BCUT2D eigenvalue weighted by Gasteiger charge is 2.26. The number of hydrogen-bond donors (Lipinski definition) is 2. The number of aliphatic hydroxyl groups excluding tert-OH is 1. The van der Waals surface area contributed by atoms with Crippen LogP contribution < -0.4 is 0 Å². The van der Waals surface area contributed by atoms with Gasteiger partial charge in [-0.05, 0) is 18.3 Å². The van der Waals surface area contributed by atoms with Gasteiger partial charge in [0.2, 0.25) is 0 Å². The highest BCUT2D eigenvalue weighted by atomic mass is 16.5. The third kappa shape index (κ3) is 2.43. The third-order valence-corrected chi connectivity index (χ3v) is 2.38. The lowest BCUT2D eigenvalue weighted by Crippen LogP contribution is -2.42. The first-order valence-corrected chi connectivity index (χ1v) is 4.21. The Labute approximate surface area is 67.6 Å². The van der Waals surface area contributed by atoms with E-state index in [0.29, 0.717) is 24.9 Å². The molecule has 0 amide bonds. The summed E-state index contributed by atoms with van der Waals surface area (Å²) in [6.07, 6.45) is 0.482. The molecule has 0 saturated carbocycles. The molecule has 0 bridgehead atoms. The Morgan fingerprint density at radius 3 is 2.45 bits per heavy atom. The van der Waals surface area contributed by atoms with E-state index in [0.717, 1.165) is 6.42 Å². The van der Waals surface area contributed by atoms with Crippen LogP contribution in [0.4, 0.5) is 0 Å². The first-order valence-electron chi connectivity index (χ1n) is 4.21. The van der Waals surface area contributed by atoms with Gasteiger partial charge in [-0.15, -0.1) is 0 Å². The van der Waals surface area contributed by atoms with E-state index in [4.69, 9.17) is 0 Å². The largest absolute Gasteiger partial charge is 0.392 e. The summed E-state index contributed by atoms with van der Waals surface area (Å²) in [7, 11) is 0. The fraction of sp³-hybridized carbons (Fsp3) is 1.00. The second-order valence-corrected chi connectivity index (χ2v) is 3.77. The van der Waals surface area contributed by atoms with Crippen LogP contribution in [0.2, 0.25) is 0 Å². The molecule has 1 heterocycles. The van der Waals surface area contributed by atoms with Crippen LogP contribution in [0, 0.1) is 11.8 Å². The minimum atomic E-state index is -0.346. The summed E-state index contributed by atoms with van der Waals surface area (Å²) in [4.78, 5) is 0. The second kappa shape index (κ2) is 3.52. The zero-order chi connectivity index (χ0) is 8.43. The SMILES string of the molecule is CC(C)C1C[C@H](O)CN(O)C1. The fourth-order valence-corrected chi connectivity index (χ4v) is 1.57. The Morgan fingerprint density at radius 2 is 2.00 bits per heavy atom. The lowest BCUT2D eigenvalue weighted by atomic mass is 9.87. The Morgan fingerprint density at radius 1 is 1.36 bits per heavy atom. The van der Waals surface area contributed by atoms with E-state index < -0.39 is 0 Å². The van der Waals surface area contributed by atoms with Gasteiger partial charge in [-0.1, -0.05) is 13.8 Å². The van der Waals surface area contributed by atoms with E-state index in [9.17, 15) is 10.3 Å². The van der Waals surface area contributed by atoms with Crippen molar-refractivity contribution in [3.8, 4) is 0 Å². The van der Waals surface area contributed by atoms with Gasteiger partial charge in [-0.2, -0.15) is 5.06 Å². The van der Waals surface area contributed by atoms with Gasteiger partial charge in [0, 0.05) is 13.1 Å². The van der Waals surface area contributed by atoms with Crippen LogP contribution in [0.25, 0.3) is 0 Å². The van der Waals surface area contributed by atoms with E-state index in [1.54, 1.807) is 0 Å². The molecule has 0 aromatic rings. The van der Waals surface area contributed by atoms with E-state index in [-0.39, 0.29) is 6.10 Å². The van der Waals surface area contributed by atoms with Gasteiger partial charge >= 0.3 is 0 Å². The summed E-state index contributed by atoms with van der Waals surface area (Å²) >= 11 is 0. The third-order valence-electron chi connectivity index (χ3n) is 2.38. The van der Waals surface area contributed by atoms with Gasteiger partial charge in [0.1, 0.15) is 0 Å². The van der Waals surface area contributed by atoms with Crippen molar-refractivity contribution in [3.05, 3.63) is 0 Å². The first-order chi connectivity index (χ1) is 5.09. The summed E-state index contributed by atoms with van der Waals surface area (Å²) in [6.45, 7) is 5.35. The number of piperidine rings is 1.